The number of phenols is 1. The first-order chi connectivity index (χ1) is 9.88. The van der Waals surface area contributed by atoms with Crippen molar-refractivity contribution in [1.82, 2.24) is 0 Å². The Morgan fingerprint density at radius 3 is 2.62 bits per heavy atom. The van der Waals surface area contributed by atoms with Crippen LogP contribution < -0.4 is 11.1 Å². The van der Waals surface area contributed by atoms with E-state index in [4.69, 9.17) is 18.0 Å². The first-order valence-electron chi connectivity index (χ1n) is 6.09. The second-order valence-electron chi connectivity index (χ2n) is 4.51. The van der Waals surface area contributed by atoms with Gasteiger partial charge in [0, 0.05) is 15.6 Å². The molecule has 0 aromatic heterocycles. The van der Waals surface area contributed by atoms with E-state index >= 15 is 0 Å². The zero-order valence-electron chi connectivity index (χ0n) is 11.2. The number of rotatable bonds is 3. The van der Waals surface area contributed by atoms with Crippen molar-refractivity contribution in [3.63, 3.8) is 0 Å². The molecule has 4 N–H and O–H groups in total. The molecule has 2 aromatic carbocycles. The van der Waals surface area contributed by atoms with E-state index < -0.39 is 0 Å². The molecular weight excluding hydrogens is 352 g/mol. The summed E-state index contributed by atoms with van der Waals surface area (Å²) in [7, 11) is 0. The molecule has 0 radical (unpaired) electrons. The van der Waals surface area contributed by atoms with Crippen LogP contribution in [0, 0.1) is 6.92 Å². The number of halogens is 1. The van der Waals surface area contributed by atoms with Gasteiger partial charge < -0.3 is 16.2 Å². The van der Waals surface area contributed by atoms with Crippen molar-refractivity contribution in [3.8, 4) is 5.75 Å². The van der Waals surface area contributed by atoms with Gasteiger partial charge in [-0.3, -0.25) is 4.79 Å². The van der Waals surface area contributed by atoms with E-state index in [1.807, 2.05) is 0 Å². The fourth-order valence-corrected chi connectivity index (χ4v) is 2.30. The van der Waals surface area contributed by atoms with Crippen LogP contribution in [0.15, 0.2) is 40.9 Å². The molecule has 6 heteroatoms. The van der Waals surface area contributed by atoms with E-state index in [9.17, 15) is 9.90 Å². The van der Waals surface area contributed by atoms with Crippen LogP contribution in [0.5, 0.6) is 5.75 Å². The molecule has 4 nitrogen and oxygen atoms in total. The number of anilines is 1. The van der Waals surface area contributed by atoms with Crippen LogP contribution in [0.1, 0.15) is 21.5 Å². The number of thiocarbonyl (C=S) groups is 1. The number of phenolic OH excluding ortho intramolecular Hbond substituents is 1. The molecule has 1 amide bonds. The van der Waals surface area contributed by atoms with Crippen molar-refractivity contribution in [2.75, 3.05) is 5.32 Å². The molecule has 0 saturated heterocycles. The Morgan fingerprint density at radius 1 is 1.29 bits per heavy atom. The Labute approximate surface area is 136 Å². The minimum atomic E-state index is -0.342. The normalized spacial score (nSPS) is 10.2. The van der Waals surface area contributed by atoms with Gasteiger partial charge >= 0.3 is 0 Å². The number of carbonyl (C=O) groups excluding carboxylic acids is 1. The second kappa shape index (κ2) is 6.24. The molecule has 2 aromatic rings. The third-order valence-electron chi connectivity index (χ3n) is 2.97. The molecule has 0 saturated carbocycles. The average Bonchev–Trinajstić information content (AvgIpc) is 2.43. The average molecular weight is 365 g/mol. The maximum absolute atomic E-state index is 12.2. The minimum Gasteiger partial charge on any atom is -0.508 e. The van der Waals surface area contributed by atoms with Crippen LogP contribution in [0.2, 0.25) is 0 Å². The molecule has 0 fully saturated rings. The van der Waals surface area contributed by atoms with Gasteiger partial charge in [0.25, 0.3) is 5.91 Å². The SMILES string of the molecule is Cc1ccc(C(=O)Nc2ccc(Br)cc2C(N)=S)cc1O. The summed E-state index contributed by atoms with van der Waals surface area (Å²) in [6.45, 7) is 1.76. The number of nitrogens with one attached hydrogen (secondary N) is 1. The smallest absolute Gasteiger partial charge is 0.255 e. The van der Waals surface area contributed by atoms with Crippen molar-refractivity contribution in [2.24, 2.45) is 5.73 Å². The summed E-state index contributed by atoms with van der Waals surface area (Å²) in [4.78, 5) is 12.4. The molecule has 0 atom stereocenters. The van der Waals surface area contributed by atoms with E-state index in [1.54, 1.807) is 37.3 Å². The third kappa shape index (κ3) is 3.59. The van der Waals surface area contributed by atoms with E-state index in [2.05, 4.69) is 21.2 Å². The number of aryl methyl sites for hydroxylation is 1. The Morgan fingerprint density at radius 2 is 2.00 bits per heavy atom. The Balaban J connectivity index is 2.31. The molecule has 0 aliphatic rings. The van der Waals surface area contributed by atoms with Crippen molar-refractivity contribution < 1.29 is 9.90 Å². The van der Waals surface area contributed by atoms with Crippen LogP contribution in [0.4, 0.5) is 5.69 Å². The van der Waals surface area contributed by atoms with E-state index in [-0.39, 0.29) is 16.6 Å². The lowest BCUT2D eigenvalue weighted by Gasteiger charge is -2.11. The fraction of sp³-hybridized carbons (Fsp3) is 0.0667. The Bertz CT molecular complexity index is 732. The topological polar surface area (TPSA) is 75.4 Å². The van der Waals surface area contributed by atoms with Crippen LogP contribution in [0.25, 0.3) is 0 Å². The molecule has 0 aliphatic heterocycles. The highest BCUT2D eigenvalue weighted by Crippen LogP contribution is 2.23. The number of aromatic hydroxyl groups is 1. The summed E-state index contributed by atoms with van der Waals surface area (Å²) in [5, 5.41) is 12.4. The molecule has 108 valence electrons. The van der Waals surface area contributed by atoms with E-state index in [0.717, 1.165) is 4.47 Å². The van der Waals surface area contributed by atoms with Gasteiger partial charge in [-0.2, -0.15) is 0 Å². The monoisotopic (exact) mass is 364 g/mol. The molecular formula is C15H13BrN2O2S. The molecule has 0 spiro atoms. The van der Waals surface area contributed by atoms with Gasteiger partial charge in [-0.1, -0.05) is 34.2 Å². The number of hydrogen-bond acceptors (Lipinski definition) is 3. The van der Waals surface area contributed by atoms with Crippen LogP contribution >= 0.6 is 28.1 Å². The van der Waals surface area contributed by atoms with E-state index in [0.29, 0.717) is 22.4 Å². The minimum absolute atomic E-state index is 0.0769. The molecule has 0 unspecified atom stereocenters. The maximum atomic E-state index is 12.2. The number of hydrogen-bond donors (Lipinski definition) is 3. The zero-order valence-corrected chi connectivity index (χ0v) is 13.6. The fourth-order valence-electron chi connectivity index (χ4n) is 1.77. The highest BCUT2D eigenvalue weighted by molar-refractivity contribution is 9.10. The van der Waals surface area contributed by atoms with Crippen molar-refractivity contribution in [1.29, 1.82) is 0 Å². The molecule has 0 heterocycles. The van der Waals surface area contributed by atoms with Crippen molar-refractivity contribution in [2.45, 2.75) is 6.92 Å². The quantitative estimate of drug-likeness (QED) is 0.730. The summed E-state index contributed by atoms with van der Waals surface area (Å²) in [5.74, 6) is -0.266. The summed E-state index contributed by atoms with van der Waals surface area (Å²) in [6, 6.07) is 9.98. The van der Waals surface area contributed by atoms with Crippen LogP contribution in [-0.4, -0.2) is 16.0 Å². The summed E-state index contributed by atoms with van der Waals surface area (Å²) in [5.41, 5.74) is 7.82. The lowest BCUT2D eigenvalue weighted by Crippen LogP contribution is -2.17. The van der Waals surface area contributed by atoms with Crippen LogP contribution in [0.3, 0.4) is 0 Å². The number of nitrogens with two attached hydrogens (primary N) is 1. The standard InChI is InChI=1S/C15H13BrN2O2S/c1-8-2-3-9(6-13(8)19)15(20)18-12-5-4-10(16)7-11(12)14(17)21/h2-7,19H,1H3,(H2,17,21)(H,18,20). The molecule has 0 aliphatic carbocycles. The van der Waals surface area contributed by atoms with E-state index in [1.165, 1.54) is 6.07 Å². The highest BCUT2D eigenvalue weighted by Gasteiger charge is 2.12. The van der Waals surface area contributed by atoms with Gasteiger partial charge in [-0.05, 0) is 42.8 Å². The third-order valence-corrected chi connectivity index (χ3v) is 3.68. The molecule has 0 bridgehead atoms. The van der Waals surface area contributed by atoms with Gasteiger partial charge in [0.15, 0.2) is 0 Å². The summed E-state index contributed by atoms with van der Waals surface area (Å²) >= 11 is 8.31. The summed E-state index contributed by atoms with van der Waals surface area (Å²) in [6.07, 6.45) is 0. The summed E-state index contributed by atoms with van der Waals surface area (Å²) < 4.78 is 0.816. The van der Waals surface area contributed by atoms with Crippen molar-refractivity contribution >= 4 is 44.7 Å². The van der Waals surface area contributed by atoms with Gasteiger partial charge in [0.2, 0.25) is 0 Å². The Hall–Kier alpha value is -1.92. The van der Waals surface area contributed by atoms with Crippen LogP contribution in [-0.2, 0) is 0 Å². The lowest BCUT2D eigenvalue weighted by molar-refractivity contribution is 0.102. The van der Waals surface area contributed by atoms with Crippen molar-refractivity contribution in [3.05, 3.63) is 57.6 Å². The predicted octanol–water partition coefficient (Wildman–Crippen LogP) is 3.35. The number of amides is 1. The van der Waals surface area contributed by atoms with Gasteiger partial charge in [-0.25, -0.2) is 0 Å². The lowest BCUT2D eigenvalue weighted by atomic mass is 10.1. The second-order valence-corrected chi connectivity index (χ2v) is 5.87. The number of benzene rings is 2. The predicted molar refractivity (Wildman–Crippen MR) is 90.8 cm³/mol. The first kappa shape index (κ1) is 15.5. The van der Waals surface area contributed by atoms with Gasteiger partial charge in [0.05, 0.1) is 5.69 Å². The maximum Gasteiger partial charge on any atom is 0.255 e. The molecule has 21 heavy (non-hydrogen) atoms. The van der Waals surface area contributed by atoms with Gasteiger partial charge in [0.1, 0.15) is 10.7 Å². The van der Waals surface area contributed by atoms with Gasteiger partial charge in [-0.15, -0.1) is 0 Å². The molecule has 2 rings (SSSR count). The Kier molecular flexibility index (Phi) is 4.59. The number of carbonyl (C=O) groups is 1. The first-order valence-corrected chi connectivity index (χ1v) is 7.29. The zero-order chi connectivity index (χ0) is 15.6. The largest absolute Gasteiger partial charge is 0.508 e. The highest BCUT2D eigenvalue weighted by atomic mass is 79.9.